The molecular weight excluding hydrogens is 279 g/mol. The van der Waals surface area contributed by atoms with Crippen molar-refractivity contribution in [1.82, 2.24) is 9.97 Å². The van der Waals surface area contributed by atoms with E-state index in [1.54, 1.807) is 12.1 Å². The van der Waals surface area contributed by atoms with Crippen LogP contribution in [0.5, 0.6) is 11.6 Å². The van der Waals surface area contributed by atoms with Gasteiger partial charge in [0.25, 0.3) is 0 Å². The van der Waals surface area contributed by atoms with Crippen molar-refractivity contribution in [3.05, 3.63) is 47.4 Å². The van der Waals surface area contributed by atoms with Crippen molar-refractivity contribution in [3.63, 3.8) is 0 Å². The number of aromatic nitrogens is 2. The topological polar surface area (TPSA) is 44.2 Å². The lowest BCUT2D eigenvalue weighted by Crippen LogP contribution is -1.99. The average Bonchev–Trinajstić information content (AvgIpc) is 2.94. The molecule has 0 fully saturated rings. The van der Waals surface area contributed by atoms with Crippen LogP contribution in [-0.2, 0) is 6.61 Å². The Morgan fingerprint density at radius 1 is 1.25 bits per heavy atom. The van der Waals surface area contributed by atoms with Crippen LogP contribution < -0.4 is 9.47 Å². The number of methoxy groups -OCH3 is 1. The Hall–Kier alpha value is -2.21. The number of fused-ring (bicyclic) bond motifs is 1. The highest BCUT2D eigenvalue weighted by Crippen LogP contribution is 2.26. The third kappa shape index (κ3) is 2.42. The van der Waals surface area contributed by atoms with Crippen LogP contribution in [0.25, 0.3) is 10.2 Å². The van der Waals surface area contributed by atoms with Crippen molar-refractivity contribution in [2.75, 3.05) is 7.11 Å². The zero-order valence-electron chi connectivity index (χ0n) is 10.7. The Labute approximate surface area is 118 Å². The van der Waals surface area contributed by atoms with E-state index in [1.807, 2.05) is 11.4 Å². The molecule has 0 saturated carbocycles. The molecule has 1 aromatic carbocycles. The molecule has 0 aliphatic carbocycles. The van der Waals surface area contributed by atoms with Crippen LogP contribution >= 0.6 is 11.3 Å². The van der Waals surface area contributed by atoms with E-state index in [2.05, 4.69) is 9.97 Å². The Morgan fingerprint density at radius 2 is 2.15 bits per heavy atom. The molecule has 0 amide bonds. The molecule has 20 heavy (non-hydrogen) atoms. The van der Waals surface area contributed by atoms with Crippen molar-refractivity contribution in [2.45, 2.75) is 6.61 Å². The molecule has 0 saturated heterocycles. The fraction of sp³-hybridized carbons (Fsp3) is 0.143. The van der Waals surface area contributed by atoms with Gasteiger partial charge < -0.3 is 9.47 Å². The number of rotatable bonds is 4. The Balaban J connectivity index is 1.79. The first kappa shape index (κ1) is 12.8. The first-order chi connectivity index (χ1) is 9.78. The second kappa shape index (κ2) is 5.42. The maximum atomic E-state index is 13.6. The lowest BCUT2D eigenvalue weighted by Gasteiger charge is -2.07. The van der Waals surface area contributed by atoms with Gasteiger partial charge in [-0.15, -0.1) is 11.3 Å². The third-order valence-corrected chi connectivity index (χ3v) is 3.64. The van der Waals surface area contributed by atoms with Gasteiger partial charge in [-0.25, -0.2) is 14.4 Å². The standard InChI is InChI=1S/C14H11FN2O2S/c1-18-12-3-2-9(6-11(12)15)7-19-13-10-4-5-20-14(10)17-8-16-13/h2-6,8H,7H2,1H3. The summed E-state index contributed by atoms with van der Waals surface area (Å²) in [5, 5.41) is 2.80. The summed E-state index contributed by atoms with van der Waals surface area (Å²) in [7, 11) is 1.43. The maximum Gasteiger partial charge on any atom is 0.225 e. The van der Waals surface area contributed by atoms with Crippen LogP contribution in [0.4, 0.5) is 4.39 Å². The first-order valence-electron chi connectivity index (χ1n) is 5.91. The zero-order chi connectivity index (χ0) is 13.9. The molecule has 0 aliphatic rings. The minimum Gasteiger partial charge on any atom is -0.494 e. The number of halogens is 1. The molecule has 3 aromatic rings. The van der Waals surface area contributed by atoms with E-state index in [0.29, 0.717) is 11.4 Å². The van der Waals surface area contributed by atoms with Crippen LogP contribution in [0, 0.1) is 5.82 Å². The Bertz CT molecular complexity index is 745. The predicted molar refractivity (Wildman–Crippen MR) is 74.7 cm³/mol. The number of hydrogen-bond donors (Lipinski definition) is 0. The highest BCUT2D eigenvalue weighted by atomic mass is 32.1. The SMILES string of the molecule is COc1ccc(COc2ncnc3sccc23)cc1F. The van der Waals surface area contributed by atoms with E-state index in [9.17, 15) is 4.39 Å². The predicted octanol–water partition coefficient (Wildman–Crippen LogP) is 3.42. The monoisotopic (exact) mass is 290 g/mol. The summed E-state index contributed by atoms with van der Waals surface area (Å²) < 4.78 is 24.1. The molecule has 3 rings (SSSR count). The summed E-state index contributed by atoms with van der Waals surface area (Å²) in [6, 6.07) is 6.64. The van der Waals surface area contributed by atoms with Gasteiger partial charge in [0.15, 0.2) is 11.6 Å². The normalized spacial score (nSPS) is 10.7. The average molecular weight is 290 g/mol. The van der Waals surface area contributed by atoms with E-state index in [-0.39, 0.29) is 12.4 Å². The summed E-state index contributed by atoms with van der Waals surface area (Å²) in [6.07, 6.45) is 1.46. The molecular formula is C14H11FN2O2S. The molecule has 2 aromatic heterocycles. The lowest BCUT2D eigenvalue weighted by atomic mass is 10.2. The van der Waals surface area contributed by atoms with E-state index < -0.39 is 5.82 Å². The molecule has 0 unspecified atom stereocenters. The van der Waals surface area contributed by atoms with Gasteiger partial charge in [0.2, 0.25) is 5.88 Å². The van der Waals surface area contributed by atoms with Gasteiger partial charge in [-0.05, 0) is 29.1 Å². The second-order valence-electron chi connectivity index (χ2n) is 4.08. The van der Waals surface area contributed by atoms with Gasteiger partial charge in [0.1, 0.15) is 17.8 Å². The number of hydrogen-bond acceptors (Lipinski definition) is 5. The summed E-state index contributed by atoms with van der Waals surface area (Å²) in [5.41, 5.74) is 0.713. The Morgan fingerprint density at radius 3 is 2.95 bits per heavy atom. The van der Waals surface area contributed by atoms with Crippen LogP contribution in [-0.4, -0.2) is 17.1 Å². The fourth-order valence-corrected chi connectivity index (χ4v) is 2.56. The molecule has 0 aliphatic heterocycles. The maximum absolute atomic E-state index is 13.6. The van der Waals surface area contributed by atoms with Crippen molar-refractivity contribution < 1.29 is 13.9 Å². The number of nitrogens with zero attached hydrogens (tertiary/aromatic N) is 2. The minimum atomic E-state index is -0.406. The molecule has 102 valence electrons. The number of ether oxygens (including phenoxy) is 2. The molecule has 0 bridgehead atoms. The molecule has 0 N–H and O–H groups in total. The largest absolute Gasteiger partial charge is 0.494 e. The van der Waals surface area contributed by atoms with Gasteiger partial charge in [-0.1, -0.05) is 6.07 Å². The third-order valence-electron chi connectivity index (χ3n) is 2.82. The second-order valence-corrected chi connectivity index (χ2v) is 4.97. The first-order valence-corrected chi connectivity index (χ1v) is 6.79. The number of benzene rings is 1. The summed E-state index contributed by atoms with van der Waals surface area (Å²) >= 11 is 1.52. The summed E-state index contributed by atoms with van der Waals surface area (Å²) in [5.74, 6) is 0.320. The van der Waals surface area contributed by atoms with E-state index in [0.717, 1.165) is 10.2 Å². The fourth-order valence-electron chi connectivity index (χ4n) is 1.83. The zero-order valence-corrected chi connectivity index (χ0v) is 11.5. The number of thiophene rings is 1. The van der Waals surface area contributed by atoms with Gasteiger partial charge in [0, 0.05) is 0 Å². The minimum absolute atomic E-state index is 0.219. The van der Waals surface area contributed by atoms with E-state index >= 15 is 0 Å². The molecule has 0 atom stereocenters. The summed E-state index contributed by atoms with van der Waals surface area (Å²) in [4.78, 5) is 9.12. The van der Waals surface area contributed by atoms with Gasteiger partial charge >= 0.3 is 0 Å². The van der Waals surface area contributed by atoms with Crippen LogP contribution in [0.1, 0.15) is 5.56 Å². The van der Waals surface area contributed by atoms with Crippen molar-refractivity contribution in [2.24, 2.45) is 0 Å². The molecule has 0 spiro atoms. The molecule has 4 nitrogen and oxygen atoms in total. The molecule has 2 heterocycles. The quantitative estimate of drug-likeness (QED) is 0.738. The summed E-state index contributed by atoms with van der Waals surface area (Å²) in [6.45, 7) is 0.239. The van der Waals surface area contributed by atoms with Gasteiger partial charge in [-0.2, -0.15) is 0 Å². The van der Waals surface area contributed by atoms with Crippen molar-refractivity contribution in [1.29, 1.82) is 0 Å². The van der Waals surface area contributed by atoms with Crippen molar-refractivity contribution in [3.8, 4) is 11.6 Å². The van der Waals surface area contributed by atoms with Crippen LogP contribution in [0.2, 0.25) is 0 Å². The van der Waals surface area contributed by atoms with E-state index in [4.69, 9.17) is 9.47 Å². The molecule has 6 heteroatoms. The Kier molecular flexibility index (Phi) is 3.47. The van der Waals surface area contributed by atoms with Crippen molar-refractivity contribution >= 4 is 21.6 Å². The molecule has 0 radical (unpaired) electrons. The highest BCUT2D eigenvalue weighted by molar-refractivity contribution is 7.16. The highest BCUT2D eigenvalue weighted by Gasteiger charge is 2.08. The van der Waals surface area contributed by atoms with Crippen LogP contribution in [0.15, 0.2) is 36.0 Å². The van der Waals surface area contributed by atoms with Gasteiger partial charge in [0.05, 0.1) is 12.5 Å². The smallest absolute Gasteiger partial charge is 0.225 e. The van der Waals surface area contributed by atoms with Gasteiger partial charge in [-0.3, -0.25) is 0 Å². The lowest BCUT2D eigenvalue weighted by molar-refractivity contribution is 0.296. The van der Waals surface area contributed by atoms with E-state index in [1.165, 1.54) is 30.8 Å². The van der Waals surface area contributed by atoms with Crippen LogP contribution in [0.3, 0.4) is 0 Å².